The van der Waals surface area contributed by atoms with Gasteiger partial charge in [-0.15, -0.1) is 11.8 Å². The number of thiazole rings is 1. The molecule has 0 bridgehead atoms. The fourth-order valence-corrected chi connectivity index (χ4v) is 4.70. The van der Waals surface area contributed by atoms with E-state index in [2.05, 4.69) is 49.4 Å². The van der Waals surface area contributed by atoms with E-state index in [0.717, 1.165) is 26.6 Å². The fraction of sp³-hybridized carbons (Fsp3) is 0.292. The van der Waals surface area contributed by atoms with Crippen LogP contribution < -0.4 is 5.32 Å². The van der Waals surface area contributed by atoms with Crippen molar-refractivity contribution in [1.29, 1.82) is 0 Å². The molecule has 0 saturated carbocycles. The number of fused-ring (bicyclic) bond motifs is 1. The number of nitrogens with zero attached hydrogens (tertiary/aromatic N) is 3. The molecule has 4 aromatic rings. The summed E-state index contributed by atoms with van der Waals surface area (Å²) in [6.07, 6.45) is 2.35. The summed E-state index contributed by atoms with van der Waals surface area (Å²) < 4.78 is 2.84. The molecule has 0 atom stereocenters. The van der Waals surface area contributed by atoms with Crippen LogP contribution in [-0.2, 0) is 16.6 Å². The van der Waals surface area contributed by atoms with Gasteiger partial charge in [0.25, 0.3) is 0 Å². The quantitative estimate of drug-likeness (QED) is 0.379. The van der Waals surface area contributed by atoms with Crippen molar-refractivity contribution in [2.75, 3.05) is 11.6 Å². The van der Waals surface area contributed by atoms with E-state index in [1.165, 1.54) is 10.5 Å². The molecule has 2 aromatic heterocycles. The number of nitrogens with one attached hydrogen (secondary N) is 1. The summed E-state index contributed by atoms with van der Waals surface area (Å²) in [7, 11) is 0. The molecule has 2 aromatic carbocycles. The van der Waals surface area contributed by atoms with E-state index in [0.29, 0.717) is 12.2 Å². The maximum absolute atomic E-state index is 12.7. The lowest BCUT2D eigenvalue weighted by molar-refractivity contribution is -0.115. The summed E-state index contributed by atoms with van der Waals surface area (Å²) in [5.74, 6) is 0.563. The number of amides is 1. The van der Waals surface area contributed by atoms with Crippen molar-refractivity contribution in [3.63, 3.8) is 0 Å². The van der Waals surface area contributed by atoms with Crippen LogP contribution in [-0.4, -0.2) is 26.9 Å². The standard InChI is InChI=1S/C24H26N4OS2/c1-15-12-21(26-22(29)13-16-6-9-18(30-5)10-7-16)28(27-15)23-25-19-11-8-17(24(2,3)4)14-20(19)31-23/h6-12,14H,13H2,1-5H3,(H,26,29). The third-order valence-electron chi connectivity index (χ3n) is 5.05. The monoisotopic (exact) mass is 450 g/mol. The molecular formula is C24H26N4OS2. The molecule has 0 spiro atoms. The van der Waals surface area contributed by atoms with Crippen LogP contribution in [0.15, 0.2) is 53.4 Å². The fourth-order valence-electron chi connectivity index (χ4n) is 3.32. The van der Waals surface area contributed by atoms with Gasteiger partial charge in [-0.25, -0.2) is 4.98 Å². The number of carbonyl (C=O) groups is 1. The van der Waals surface area contributed by atoms with Gasteiger partial charge in [-0.05, 0) is 54.0 Å². The van der Waals surface area contributed by atoms with Gasteiger partial charge in [0.1, 0.15) is 5.82 Å². The van der Waals surface area contributed by atoms with E-state index < -0.39 is 0 Å². The predicted octanol–water partition coefficient (Wildman–Crippen LogP) is 5.99. The van der Waals surface area contributed by atoms with Crippen molar-refractivity contribution in [3.05, 3.63) is 65.4 Å². The maximum atomic E-state index is 12.7. The minimum atomic E-state index is -0.0748. The highest BCUT2D eigenvalue weighted by atomic mass is 32.2. The van der Waals surface area contributed by atoms with Crippen LogP contribution in [0.2, 0.25) is 0 Å². The molecule has 7 heteroatoms. The van der Waals surface area contributed by atoms with E-state index in [-0.39, 0.29) is 11.3 Å². The first-order chi connectivity index (χ1) is 14.7. The molecule has 1 N–H and O–H groups in total. The first-order valence-corrected chi connectivity index (χ1v) is 12.2. The zero-order chi connectivity index (χ0) is 22.2. The van der Waals surface area contributed by atoms with Gasteiger partial charge in [-0.2, -0.15) is 9.78 Å². The van der Waals surface area contributed by atoms with Crippen LogP contribution in [0.5, 0.6) is 0 Å². The second-order valence-electron chi connectivity index (χ2n) is 8.58. The third-order valence-corrected chi connectivity index (χ3v) is 6.78. The largest absolute Gasteiger partial charge is 0.310 e. The molecule has 0 aliphatic carbocycles. The number of aryl methyl sites for hydroxylation is 1. The van der Waals surface area contributed by atoms with Crippen molar-refractivity contribution >= 4 is 45.0 Å². The minimum absolute atomic E-state index is 0.0748. The summed E-state index contributed by atoms with van der Waals surface area (Å²) >= 11 is 3.27. The molecule has 31 heavy (non-hydrogen) atoms. The second kappa shape index (κ2) is 8.48. The Kier molecular flexibility index (Phi) is 5.90. The second-order valence-corrected chi connectivity index (χ2v) is 10.5. The average molecular weight is 451 g/mol. The van der Waals surface area contributed by atoms with Crippen molar-refractivity contribution in [2.45, 2.75) is 44.4 Å². The van der Waals surface area contributed by atoms with Gasteiger partial charge < -0.3 is 5.32 Å². The molecule has 0 aliphatic rings. The Balaban J connectivity index is 1.58. The van der Waals surface area contributed by atoms with Gasteiger partial charge in [0.15, 0.2) is 0 Å². The molecule has 4 rings (SSSR count). The number of hydrogen-bond donors (Lipinski definition) is 1. The Morgan fingerprint density at radius 2 is 1.87 bits per heavy atom. The molecule has 2 heterocycles. The molecule has 0 aliphatic heterocycles. The normalized spacial score (nSPS) is 11.8. The first kappa shape index (κ1) is 21.6. The zero-order valence-electron chi connectivity index (χ0n) is 18.4. The summed E-state index contributed by atoms with van der Waals surface area (Å²) in [6, 6.07) is 16.3. The summed E-state index contributed by atoms with van der Waals surface area (Å²) in [5.41, 5.74) is 4.09. The average Bonchev–Trinajstić information content (AvgIpc) is 3.30. The molecule has 5 nitrogen and oxygen atoms in total. The lowest BCUT2D eigenvalue weighted by Crippen LogP contribution is -2.17. The van der Waals surface area contributed by atoms with Gasteiger partial charge in [0.05, 0.1) is 22.3 Å². The van der Waals surface area contributed by atoms with E-state index in [1.54, 1.807) is 27.8 Å². The number of anilines is 1. The molecule has 0 radical (unpaired) electrons. The van der Waals surface area contributed by atoms with Crippen molar-refractivity contribution < 1.29 is 4.79 Å². The van der Waals surface area contributed by atoms with Crippen molar-refractivity contribution in [2.24, 2.45) is 0 Å². The van der Waals surface area contributed by atoms with Crippen LogP contribution in [0.3, 0.4) is 0 Å². The third kappa shape index (κ3) is 4.83. The highest BCUT2D eigenvalue weighted by Gasteiger charge is 2.18. The molecule has 1 amide bonds. The lowest BCUT2D eigenvalue weighted by atomic mass is 9.87. The molecule has 0 unspecified atom stereocenters. The molecule has 160 valence electrons. The van der Waals surface area contributed by atoms with Crippen LogP contribution >= 0.6 is 23.1 Å². The van der Waals surface area contributed by atoms with E-state index in [4.69, 9.17) is 4.98 Å². The van der Waals surface area contributed by atoms with Crippen LogP contribution in [0, 0.1) is 6.92 Å². The molecule has 0 fully saturated rings. The summed E-state index contributed by atoms with van der Waals surface area (Å²) in [5, 5.41) is 8.33. The Bertz CT molecular complexity index is 1230. The van der Waals surface area contributed by atoms with Gasteiger partial charge in [-0.3, -0.25) is 4.79 Å². The predicted molar refractivity (Wildman–Crippen MR) is 131 cm³/mol. The summed E-state index contributed by atoms with van der Waals surface area (Å²) in [6.45, 7) is 8.53. The first-order valence-electron chi connectivity index (χ1n) is 10.1. The molecule has 0 saturated heterocycles. The number of thioether (sulfide) groups is 1. The minimum Gasteiger partial charge on any atom is -0.310 e. The van der Waals surface area contributed by atoms with E-state index >= 15 is 0 Å². The Hall–Kier alpha value is -2.64. The van der Waals surface area contributed by atoms with Gasteiger partial charge in [0, 0.05) is 11.0 Å². The van der Waals surface area contributed by atoms with Crippen LogP contribution in [0.4, 0.5) is 5.82 Å². The lowest BCUT2D eigenvalue weighted by Gasteiger charge is -2.18. The Labute approximate surface area is 190 Å². The van der Waals surface area contributed by atoms with Crippen molar-refractivity contribution in [3.8, 4) is 5.13 Å². The maximum Gasteiger partial charge on any atom is 0.229 e. The van der Waals surface area contributed by atoms with Gasteiger partial charge in [0.2, 0.25) is 11.0 Å². The topological polar surface area (TPSA) is 59.8 Å². The number of carbonyl (C=O) groups excluding carboxylic acids is 1. The molecular weight excluding hydrogens is 424 g/mol. The van der Waals surface area contributed by atoms with Crippen molar-refractivity contribution in [1.82, 2.24) is 14.8 Å². The van der Waals surface area contributed by atoms with E-state index in [1.807, 2.05) is 43.5 Å². The van der Waals surface area contributed by atoms with Gasteiger partial charge >= 0.3 is 0 Å². The smallest absolute Gasteiger partial charge is 0.229 e. The Morgan fingerprint density at radius 3 is 2.55 bits per heavy atom. The number of aromatic nitrogens is 3. The highest BCUT2D eigenvalue weighted by molar-refractivity contribution is 7.98. The SMILES string of the molecule is CSc1ccc(CC(=O)Nc2cc(C)nn2-c2nc3ccc(C(C)(C)C)cc3s2)cc1. The number of rotatable bonds is 5. The van der Waals surface area contributed by atoms with Gasteiger partial charge in [-0.1, -0.05) is 50.3 Å². The van der Waals surface area contributed by atoms with Crippen LogP contribution in [0.25, 0.3) is 15.3 Å². The highest BCUT2D eigenvalue weighted by Crippen LogP contribution is 2.31. The Morgan fingerprint density at radius 1 is 1.13 bits per heavy atom. The van der Waals surface area contributed by atoms with E-state index in [9.17, 15) is 4.79 Å². The number of hydrogen-bond acceptors (Lipinski definition) is 5. The summed E-state index contributed by atoms with van der Waals surface area (Å²) in [4.78, 5) is 18.6. The zero-order valence-corrected chi connectivity index (χ0v) is 20.0. The van der Waals surface area contributed by atoms with Crippen LogP contribution in [0.1, 0.15) is 37.6 Å². The number of benzene rings is 2.